The van der Waals surface area contributed by atoms with Crippen molar-refractivity contribution >= 4 is 37.2 Å². The van der Waals surface area contributed by atoms with Crippen molar-refractivity contribution in [2.75, 3.05) is 11.5 Å². The lowest BCUT2D eigenvalue weighted by Crippen LogP contribution is -2.35. The van der Waals surface area contributed by atoms with E-state index >= 15 is 0 Å². The number of carbonyl (C=O) groups excluding carboxylic acids is 2. The molecule has 0 aliphatic rings. The fraction of sp³-hybridized carbons (Fsp3) is 0.857. The first kappa shape index (κ1) is 19.6. The third-order valence-electron chi connectivity index (χ3n) is 2.76. The molecular formula is C14H26O4S2. The van der Waals surface area contributed by atoms with Crippen LogP contribution in [0.4, 0.5) is 0 Å². The Labute approximate surface area is 132 Å². The molecule has 0 rings (SSSR count). The van der Waals surface area contributed by atoms with E-state index in [2.05, 4.69) is 25.3 Å². The van der Waals surface area contributed by atoms with Gasteiger partial charge in [-0.05, 0) is 12.8 Å². The zero-order valence-electron chi connectivity index (χ0n) is 12.3. The van der Waals surface area contributed by atoms with Crippen LogP contribution in [0.5, 0.6) is 0 Å². The number of esters is 2. The predicted octanol–water partition coefficient (Wildman–Crippen LogP) is 3.05. The van der Waals surface area contributed by atoms with Gasteiger partial charge in [-0.15, -0.1) is 0 Å². The van der Waals surface area contributed by atoms with Crippen LogP contribution in [0.3, 0.4) is 0 Å². The van der Waals surface area contributed by atoms with Crippen molar-refractivity contribution in [2.45, 2.75) is 64.6 Å². The van der Waals surface area contributed by atoms with Crippen LogP contribution in [-0.4, -0.2) is 35.7 Å². The SMILES string of the molecule is CCCC(OC(=O)CCS)C(CCC)OC(=O)CCS. The fourth-order valence-corrected chi connectivity index (χ4v) is 2.21. The highest BCUT2D eigenvalue weighted by Gasteiger charge is 2.27. The number of hydrogen-bond donors (Lipinski definition) is 2. The van der Waals surface area contributed by atoms with Gasteiger partial charge < -0.3 is 9.47 Å². The van der Waals surface area contributed by atoms with Gasteiger partial charge in [-0.1, -0.05) is 26.7 Å². The summed E-state index contributed by atoms with van der Waals surface area (Å²) in [7, 11) is 0. The molecule has 2 atom stereocenters. The van der Waals surface area contributed by atoms with E-state index in [9.17, 15) is 9.59 Å². The predicted molar refractivity (Wildman–Crippen MR) is 86.5 cm³/mol. The average molecular weight is 322 g/mol. The Morgan fingerprint density at radius 3 is 1.45 bits per heavy atom. The number of rotatable bonds is 11. The van der Waals surface area contributed by atoms with Gasteiger partial charge >= 0.3 is 11.9 Å². The summed E-state index contributed by atoms with van der Waals surface area (Å²) in [5, 5.41) is 0. The Kier molecular flexibility index (Phi) is 12.2. The van der Waals surface area contributed by atoms with E-state index in [1.807, 2.05) is 13.8 Å². The van der Waals surface area contributed by atoms with E-state index in [0.717, 1.165) is 12.8 Å². The van der Waals surface area contributed by atoms with Crippen molar-refractivity contribution in [1.29, 1.82) is 0 Å². The van der Waals surface area contributed by atoms with Crippen LogP contribution in [0.2, 0.25) is 0 Å². The first-order chi connectivity index (χ1) is 9.58. The zero-order chi connectivity index (χ0) is 15.4. The molecule has 0 aromatic rings. The number of hydrogen-bond acceptors (Lipinski definition) is 6. The molecule has 0 saturated carbocycles. The van der Waals surface area contributed by atoms with Crippen molar-refractivity contribution in [3.63, 3.8) is 0 Å². The molecule has 0 aromatic heterocycles. The monoisotopic (exact) mass is 322 g/mol. The molecule has 0 heterocycles. The molecule has 4 nitrogen and oxygen atoms in total. The van der Waals surface area contributed by atoms with Gasteiger partial charge in [0.2, 0.25) is 0 Å². The van der Waals surface area contributed by atoms with Crippen molar-refractivity contribution in [1.82, 2.24) is 0 Å². The average Bonchev–Trinajstić information content (AvgIpc) is 2.38. The zero-order valence-corrected chi connectivity index (χ0v) is 14.1. The Morgan fingerprint density at radius 2 is 1.20 bits per heavy atom. The first-order valence-electron chi connectivity index (χ1n) is 7.19. The second kappa shape index (κ2) is 12.4. The van der Waals surface area contributed by atoms with Crippen molar-refractivity contribution in [2.24, 2.45) is 0 Å². The summed E-state index contributed by atoms with van der Waals surface area (Å²) >= 11 is 8.03. The van der Waals surface area contributed by atoms with Gasteiger partial charge in [0.1, 0.15) is 12.2 Å². The van der Waals surface area contributed by atoms with E-state index in [-0.39, 0.29) is 37.0 Å². The van der Waals surface area contributed by atoms with Crippen LogP contribution in [0.1, 0.15) is 52.4 Å². The minimum absolute atomic E-state index is 0.271. The fourth-order valence-electron chi connectivity index (χ4n) is 1.85. The van der Waals surface area contributed by atoms with Crippen LogP contribution < -0.4 is 0 Å². The van der Waals surface area contributed by atoms with E-state index in [1.165, 1.54) is 0 Å². The number of thiol groups is 2. The molecule has 20 heavy (non-hydrogen) atoms. The molecule has 0 saturated heterocycles. The van der Waals surface area contributed by atoms with Crippen LogP contribution in [-0.2, 0) is 19.1 Å². The molecule has 0 aliphatic heterocycles. The second-order valence-corrected chi connectivity index (χ2v) is 5.48. The van der Waals surface area contributed by atoms with Crippen LogP contribution >= 0.6 is 25.3 Å². The summed E-state index contributed by atoms with van der Waals surface area (Å²) in [6.07, 6.45) is 2.92. The summed E-state index contributed by atoms with van der Waals surface area (Å²) in [6, 6.07) is 0. The molecule has 0 spiro atoms. The minimum Gasteiger partial charge on any atom is -0.458 e. The normalized spacial score (nSPS) is 13.6. The Morgan fingerprint density at radius 1 is 0.850 bits per heavy atom. The summed E-state index contributed by atoms with van der Waals surface area (Å²) in [5.74, 6) is 0.333. The lowest BCUT2D eigenvalue weighted by atomic mass is 10.0. The van der Waals surface area contributed by atoms with Gasteiger partial charge in [0.15, 0.2) is 0 Å². The quantitative estimate of drug-likeness (QED) is 0.453. The highest BCUT2D eigenvalue weighted by atomic mass is 32.1. The maximum absolute atomic E-state index is 11.6. The topological polar surface area (TPSA) is 52.6 Å². The number of carbonyl (C=O) groups is 2. The van der Waals surface area contributed by atoms with E-state index in [1.54, 1.807) is 0 Å². The molecule has 0 radical (unpaired) electrons. The molecule has 0 N–H and O–H groups in total. The summed E-state index contributed by atoms with van der Waals surface area (Å²) in [4.78, 5) is 23.2. The van der Waals surface area contributed by atoms with Crippen LogP contribution in [0.25, 0.3) is 0 Å². The lowest BCUT2D eigenvalue weighted by Gasteiger charge is -2.26. The highest BCUT2D eigenvalue weighted by Crippen LogP contribution is 2.17. The molecule has 0 aromatic carbocycles. The summed E-state index contributed by atoms with van der Waals surface area (Å²) in [5.41, 5.74) is 0. The smallest absolute Gasteiger partial charge is 0.307 e. The van der Waals surface area contributed by atoms with Crippen molar-refractivity contribution in [3.05, 3.63) is 0 Å². The van der Waals surface area contributed by atoms with Gasteiger partial charge in [0, 0.05) is 11.5 Å². The van der Waals surface area contributed by atoms with Gasteiger partial charge in [-0.3, -0.25) is 9.59 Å². The largest absolute Gasteiger partial charge is 0.458 e. The Bertz CT molecular complexity index is 256. The molecule has 0 bridgehead atoms. The van der Waals surface area contributed by atoms with E-state index in [0.29, 0.717) is 24.3 Å². The van der Waals surface area contributed by atoms with Crippen molar-refractivity contribution in [3.8, 4) is 0 Å². The third kappa shape index (κ3) is 8.74. The maximum Gasteiger partial charge on any atom is 0.307 e. The number of ether oxygens (including phenoxy) is 2. The third-order valence-corrected chi connectivity index (χ3v) is 3.21. The van der Waals surface area contributed by atoms with E-state index in [4.69, 9.17) is 9.47 Å². The molecule has 2 unspecified atom stereocenters. The standard InChI is InChI=1S/C14H26O4S2/c1-3-5-11(17-13(15)7-9-19)12(6-4-2)18-14(16)8-10-20/h11-12,19-20H,3-10H2,1-2H3. The summed E-state index contributed by atoms with van der Waals surface area (Å²) < 4.78 is 10.9. The van der Waals surface area contributed by atoms with Gasteiger partial charge in [0.05, 0.1) is 12.8 Å². The molecule has 118 valence electrons. The second-order valence-electron chi connectivity index (χ2n) is 4.58. The van der Waals surface area contributed by atoms with Gasteiger partial charge in [-0.2, -0.15) is 25.3 Å². The Balaban J connectivity index is 4.65. The van der Waals surface area contributed by atoms with E-state index < -0.39 is 0 Å². The van der Waals surface area contributed by atoms with Crippen LogP contribution in [0, 0.1) is 0 Å². The molecule has 6 heteroatoms. The maximum atomic E-state index is 11.6. The lowest BCUT2D eigenvalue weighted by molar-refractivity contribution is -0.168. The van der Waals surface area contributed by atoms with Gasteiger partial charge in [0.25, 0.3) is 0 Å². The molecule has 0 fully saturated rings. The Hall–Kier alpha value is -0.360. The molecule has 0 amide bonds. The van der Waals surface area contributed by atoms with Crippen LogP contribution in [0.15, 0.2) is 0 Å². The van der Waals surface area contributed by atoms with Crippen molar-refractivity contribution < 1.29 is 19.1 Å². The molecule has 0 aliphatic carbocycles. The highest BCUT2D eigenvalue weighted by molar-refractivity contribution is 7.80. The molecular weight excluding hydrogens is 296 g/mol. The summed E-state index contributed by atoms with van der Waals surface area (Å²) in [6.45, 7) is 4.02. The minimum atomic E-state index is -0.365. The van der Waals surface area contributed by atoms with Gasteiger partial charge in [-0.25, -0.2) is 0 Å². The first-order valence-corrected chi connectivity index (χ1v) is 8.46.